The number of halogens is 1. The Hall–Kier alpha value is -2.13. The molecule has 3 rings (SSSR count). The van der Waals surface area contributed by atoms with E-state index in [1.165, 1.54) is 17.3 Å². The van der Waals surface area contributed by atoms with E-state index in [4.69, 9.17) is 9.47 Å². The van der Waals surface area contributed by atoms with Crippen LogP contribution in [0.15, 0.2) is 54.0 Å². The molecule has 0 bridgehead atoms. The van der Waals surface area contributed by atoms with Gasteiger partial charge in [0.15, 0.2) is 17.0 Å². The first-order valence-electron chi connectivity index (χ1n) is 9.20. The summed E-state index contributed by atoms with van der Waals surface area (Å²) in [5, 5.41) is 6.30. The molecule has 2 aromatic rings. The van der Waals surface area contributed by atoms with E-state index >= 15 is 0 Å². The van der Waals surface area contributed by atoms with Crippen LogP contribution in [-0.2, 0) is 11.2 Å². The van der Waals surface area contributed by atoms with Crippen molar-refractivity contribution in [2.45, 2.75) is 18.8 Å². The van der Waals surface area contributed by atoms with Gasteiger partial charge in [-0.2, -0.15) is 0 Å². The molecule has 1 aliphatic heterocycles. The van der Waals surface area contributed by atoms with Crippen molar-refractivity contribution in [1.29, 1.82) is 0 Å². The van der Waals surface area contributed by atoms with Crippen LogP contribution in [0.25, 0.3) is 6.08 Å². The lowest BCUT2D eigenvalue weighted by Crippen LogP contribution is -2.30. The Labute approximate surface area is 189 Å². The summed E-state index contributed by atoms with van der Waals surface area (Å²) in [5.41, 5.74) is 2.92. The lowest BCUT2D eigenvalue weighted by Gasteiger charge is -2.13. The van der Waals surface area contributed by atoms with Gasteiger partial charge in [-0.05, 0) is 70.5 Å². The number of hydrogen-bond donors (Lipinski definition) is 2. The van der Waals surface area contributed by atoms with Gasteiger partial charge < -0.3 is 20.1 Å². The molecule has 0 unspecified atom stereocenters. The summed E-state index contributed by atoms with van der Waals surface area (Å²) in [6.07, 6.45) is 4.55. The van der Waals surface area contributed by atoms with Crippen LogP contribution in [-0.4, -0.2) is 25.1 Å². The molecule has 1 aliphatic rings. The Morgan fingerprint density at radius 1 is 1.31 bits per heavy atom. The SMILES string of the molecule is C=CCOc1c(I)cc(/C=C2/S[C@@H](Nc3ccc(CC)cc3)NC2=O)cc1OC. The highest BCUT2D eigenvalue weighted by Gasteiger charge is 2.27. The van der Waals surface area contributed by atoms with Crippen LogP contribution in [0.5, 0.6) is 11.5 Å². The van der Waals surface area contributed by atoms with Gasteiger partial charge in [0.1, 0.15) is 6.61 Å². The molecule has 1 amide bonds. The average Bonchev–Trinajstić information content (AvgIpc) is 3.06. The quantitative estimate of drug-likeness (QED) is 0.290. The fraction of sp³-hybridized carbons (Fsp3) is 0.227. The number of thioether (sulfide) groups is 1. The first-order valence-corrected chi connectivity index (χ1v) is 11.2. The van der Waals surface area contributed by atoms with E-state index in [2.05, 4.69) is 58.9 Å². The average molecular weight is 522 g/mol. The van der Waals surface area contributed by atoms with Crippen molar-refractivity contribution in [2.24, 2.45) is 0 Å². The minimum absolute atomic E-state index is 0.0985. The normalized spacial score (nSPS) is 17.1. The maximum absolute atomic E-state index is 12.4. The molecule has 1 atom stereocenters. The van der Waals surface area contributed by atoms with Crippen LogP contribution in [0.4, 0.5) is 5.69 Å². The highest BCUT2D eigenvalue weighted by Crippen LogP contribution is 2.36. The molecular weight excluding hydrogens is 499 g/mol. The molecular formula is C22H23IN2O3S. The summed E-state index contributed by atoms with van der Waals surface area (Å²) in [7, 11) is 1.60. The Balaban J connectivity index is 1.75. The summed E-state index contributed by atoms with van der Waals surface area (Å²) in [5.74, 6) is 1.20. The van der Waals surface area contributed by atoms with Gasteiger partial charge in [0.25, 0.3) is 5.91 Å². The molecule has 1 fully saturated rings. The minimum atomic E-state index is -0.211. The first-order chi connectivity index (χ1) is 14.0. The zero-order valence-corrected chi connectivity index (χ0v) is 19.3. The number of anilines is 1. The first kappa shape index (κ1) is 21.6. The Morgan fingerprint density at radius 3 is 2.72 bits per heavy atom. The Bertz CT molecular complexity index is 928. The fourth-order valence-corrected chi connectivity index (χ4v) is 4.58. The van der Waals surface area contributed by atoms with Crippen LogP contribution in [0, 0.1) is 3.57 Å². The predicted octanol–water partition coefficient (Wildman–Crippen LogP) is 5.03. The number of amides is 1. The standard InChI is InChI=1S/C22H23IN2O3S/c1-4-10-28-20-17(23)11-15(12-18(20)27-3)13-19-21(26)25-22(29-19)24-16-8-6-14(5-2)7-9-16/h4,6-9,11-13,22,24H,1,5,10H2,2-3H3,(H,25,26)/b19-13+/t22-/m0/s1. The molecule has 2 aromatic carbocycles. The van der Waals surface area contributed by atoms with Crippen LogP contribution in [0.3, 0.4) is 0 Å². The summed E-state index contributed by atoms with van der Waals surface area (Å²) >= 11 is 3.66. The zero-order valence-electron chi connectivity index (χ0n) is 16.3. The molecule has 0 radical (unpaired) electrons. The highest BCUT2D eigenvalue weighted by molar-refractivity contribution is 14.1. The number of hydrogen-bond acceptors (Lipinski definition) is 5. The van der Waals surface area contributed by atoms with Gasteiger partial charge in [-0.3, -0.25) is 4.79 Å². The van der Waals surface area contributed by atoms with Gasteiger partial charge in [0.2, 0.25) is 0 Å². The van der Waals surface area contributed by atoms with Crippen molar-refractivity contribution in [3.8, 4) is 11.5 Å². The van der Waals surface area contributed by atoms with E-state index in [1.54, 1.807) is 13.2 Å². The molecule has 0 aromatic heterocycles. The monoisotopic (exact) mass is 522 g/mol. The fourth-order valence-electron chi connectivity index (χ4n) is 2.81. The Morgan fingerprint density at radius 2 is 2.07 bits per heavy atom. The minimum Gasteiger partial charge on any atom is -0.493 e. The van der Waals surface area contributed by atoms with Gasteiger partial charge in [-0.25, -0.2) is 0 Å². The van der Waals surface area contributed by atoms with Crippen molar-refractivity contribution in [3.63, 3.8) is 0 Å². The van der Waals surface area contributed by atoms with Crippen LogP contribution >= 0.6 is 34.4 Å². The maximum atomic E-state index is 12.4. The van der Waals surface area contributed by atoms with E-state index in [-0.39, 0.29) is 11.4 Å². The lowest BCUT2D eigenvalue weighted by atomic mass is 10.1. The highest BCUT2D eigenvalue weighted by atomic mass is 127. The maximum Gasteiger partial charge on any atom is 0.260 e. The van der Waals surface area contributed by atoms with Crippen LogP contribution in [0.2, 0.25) is 0 Å². The summed E-state index contributed by atoms with van der Waals surface area (Å²) in [6, 6.07) is 12.1. The van der Waals surface area contributed by atoms with E-state index in [0.29, 0.717) is 23.0 Å². The van der Waals surface area contributed by atoms with E-state index in [9.17, 15) is 4.79 Å². The number of ether oxygens (including phenoxy) is 2. The van der Waals surface area contributed by atoms with Gasteiger partial charge >= 0.3 is 0 Å². The second kappa shape index (κ2) is 10.1. The van der Waals surface area contributed by atoms with Crippen molar-refractivity contribution in [3.05, 3.63) is 68.7 Å². The molecule has 2 N–H and O–H groups in total. The molecule has 29 heavy (non-hydrogen) atoms. The third-order valence-electron chi connectivity index (χ3n) is 4.29. The van der Waals surface area contributed by atoms with E-state index < -0.39 is 0 Å². The summed E-state index contributed by atoms with van der Waals surface area (Å²) < 4.78 is 12.1. The number of carbonyl (C=O) groups excluding carboxylic acids is 1. The number of methoxy groups -OCH3 is 1. The van der Waals surface area contributed by atoms with Gasteiger partial charge in [0.05, 0.1) is 15.6 Å². The summed E-state index contributed by atoms with van der Waals surface area (Å²) in [4.78, 5) is 13.1. The zero-order chi connectivity index (χ0) is 20.8. The number of rotatable bonds is 8. The second-order valence-corrected chi connectivity index (χ2v) is 8.62. The van der Waals surface area contributed by atoms with E-state index in [0.717, 1.165) is 21.2 Å². The lowest BCUT2D eigenvalue weighted by molar-refractivity contribution is -0.116. The molecule has 0 spiro atoms. The van der Waals surface area contributed by atoms with Crippen LogP contribution in [0.1, 0.15) is 18.1 Å². The Kier molecular flexibility index (Phi) is 7.49. The molecule has 0 aliphatic carbocycles. The number of carbonyl (C=O) groups is 1. The van der Waals surface area contributed by atoms with Crippen molar-refractivity contribution in [2.75, 3.05) is 19.0 Å². The van der Waals surface area contributed by atoms with Gasteiger partial charge in [-0.15, -0.1) is 0 Å². The van der Waals surface area contributed by atoms with Gasteiger partial charge in [0, 0.05) is 5.69 Å². The smallest absolute Gasteiger partial charge is 0.260 e. The molecule has 7 heteroatoms. The topological polar surface area (TPSA) is 59.6 Å². The van der Waals surface area contributed by atoms with E-state index in [1.807, 2.05) is 30.3 Å². The number of aryl methyl sites for hydroxylation is 1. The van der Waals surface area contributed by atoms with Crippen molar-refractivity contribution >= 4 is 52.0 Å². The predicted molar refractivity (Wildman–Crippen MR) is 128 cm³/mol. The summed E-state index contributed by atoms with van der Waals surface area (Å²) in [6.45, 7) is 6.20. The van der Waals surface area contributed by atoms with Gasteiger partial charge in [-0.1, -0.05) is 43.5 Å². The molecule has 1 heterocycles. The largest absolute Gasteiger partial charge is 0.493 e. The molecule has 5 nitrogen and oxygen atoms in total. The number of benzene rings is 2. The van der Waals surface area contributed by atoms with Crippen molar-refractivity contribution < 1.29 is 14.3 Å². The van der Waals surface area contributed by atoms with Crippen LogP contribution < -0.4 is 20.1 Å². The number of nitrogens with one attached hydrogen (secondary N) is 2. The molecule has 152 valence electrons. The van der Waals surface area contributed by atoms with Crippen molar-refractivity contribution in [1.82, 2.24) is 5.32 Å². The molecule has 0 saturated carbocycles. The second-order valence-electron chi connectivity index (χ2n) is 6.31. The third kappa shape index (κ3) is 5.48. The molecule has 1 saturated heterocycles. The third-order valence-corrected chi connectivity index (χ3v) is 6.12.